The molecule has 1 amide bonds. The first-order chi connectivity index (χ1) is 12.7. The zero-order valence-corrected chi connectivity index (χ0v) is 16.6. The molecule has 1 aromatic rings. The zero-order chi connectivity index (χ0) is 18.4. The normalized spacial score (nSPS) is 25.3. The van der Waals surface area contributed by atoms with Crippen LogP contribution < -0.4 is 5.32 Å². The van der Waals surface area contributed by atoms with Gasteiger partial charge in [0, 0.05) is 31.4 Å². The minimum absolute atomic E-state index is 0.199. The van der Waals surface area contributed by atoms with Crippen molar-refractivity contribution in [2.75, 3.05) is 13.1 Å². The lowest BCUT2D eigenvalue weighted by atomic mass is 9.83. The highest BCUT2D eigenvalue weighted by atomic mass is 16.1. The summed E-state index contributed by atoms with van der Waals surface area (Å²) in [6.45, 7) is 5.15. The van der Waals surface area contributed by atoms with Gasteiger partial charge in [-0.25, -0.2) is 4.98 Å². The predicted molar refractivity (Wildman–Crippen MR) is 105 cm³/mol. The van der Waals surface area contributed by atoms with Gasteiger partial charge >= 0.3 is 0 Å². The van der Waals surface area contributed by atoms with Crippen LogP contribution in [0.4, 0.5) is 0 Å². The third kappa shape index (κ3) is 5.32. The molecule has 3 rings (SSSR count). The lowest BCUT2D eigenvalue weighted by Gasteiger charge is -2.33. The summed E-state index contributed by atoms with van der Waals surface area (Å²) >= 11 is 0. The second-order valence-corrected chi connectivity index (χ2v) is 8.37. The fourth-order valence-electron chi connectivity index (χ4n) is 4.51. The molecule has 1 N–H and O–H groups in total. The van der Waals surface area contributed by atoms with Gasteiger partial charge in [-0.1, -0.05) is 26.2 Å². The number of nitrogens with zero attached hydrogens (tertiary/aromatic N) is 3. The third-order valence-electron chi connectivity index (χ3n) is 6.40. The van der Waals surface area contributed by atoms with Crippen LogP contribution in [-0.4, -0.2) is 39.5 Å². The molecule has 2 heterocycles. The number of hydrogen-bond donors (Lipinski definition) is 1. The molecule has 1 saturated carbocycles. The van der Waals surface area contributed by atoms with Crippen LogP contribution in [-0.2, 0) is 18.4 Å². The van der Waals surface area contributed by atoms with Crippen molar-refractivity contribution in [1.82, 2.24) is 19.8 Å². The number of hydrogen-bond acceptors (Lipinski definition) is 3. The number of nitrogens with one attached hydrogen (secondary N) is 1. The van der Waals surface area contributed by atoms with Gasteiger partial charge in [0.25, 0.3) is 0 Å². The van der Waals surface area contributed by atoms with Crippen LogP contribution in [0.3, 0.4) is 0 Å². The summed E-state index contributed by atoms with van der Waals surface area (Å²) in [5, 5.41) is 3.36. The van der Waals surface area contributed by atoms with Gasteiger partial charge in [0.15, 0.2) is 0 Å². The number of rotatable bonds is 7. The monoisotopic (exact) mass is 360 g/mol. The smallest absolute Gasteiger partial charge is 0.223 e. The number of aryl methyl sites for hydroxylation is 1. The van der Waals surface area contributed by atoms with E-state index < -0.39 is 0 Å². The van der Waals surface area contributed by atoms with Crippen molar-refractivity contribution < 1.29 is 4.79 Å². The Morgan fingerprint density at radius 3 is 2.54 bits per heavy atom. The highest BCUT2D eigenvalue weighted by Crippen LogP contribution is 2.29. The fraction of sp³-hybridized carbons (Fsp3) is 0.810. The van der Waals surface area contributed by atoms with Crippen LogP contribution >= 0.6 is 0 Å². The van der Waals surface area contributed by atoms with Crippen LogP contribution in [0, 0.1) is 11.8 Å². The van der Waals surface area contributed by atoms with Crippen LogP contribution in [0.5, 0.6) is 0 Å². The van der Waals surface area contributed by atoms with Crippen LogP contribution in [0.25, 0.3) is 0 Å². The van der Waals surface area contributed by atoms with E-state index in [9.17, 15) is 4.79 Å². The molecule has 5 heteroatoms. The molecule has 0 aromatic carbocycles. The number of aromatic nitrogens is 2. The second-order valence-electron chi connectivity index (χ2n) is 8.37. The Hall–Kier alpha value is -1.36. The van der Waals surface area contributed by atoms with E-state index in [1.807, 2.05) is 19.4 Å². The van der Waals surface area contributed by atoms with Gasteiger partial charge in [0.1, 0.15) is 5.82 Å². The van der Waals surface area contributed by atoms with Crippen LogP contribution in [0.1, 0.15) is 70.5 Å². The molecule has 2 aliphatic rings. The van der Waals surface area contributed by atoms with E-state index in [1.165, 1.54) is 44.9 Å². The largest absolute Gasteiger partial charge is 0.353 e. The van der Waals surface area contributed by atoms with Gasteiger partial charge in [-0.2, -0.15) is 0 Å². The zero-order valence-electron chi connectivity index (χ0n) is 16.6. The molecule has 0 spiro atoms. The Balaban J connectivity index is 1.36. The number of imidazole rings is 1. The van der Waals surface area contributed by atoms with Gasteiger partial charge in [-0.3, -0.25) is 9.69 Å². The lowest BCUT2D eigenvalue weighted by Crippen LogP contribution is -2.44. The standard InChI is InChI=1S/C21H36N4O/c1-3-4-5-17-6-8-19(9-7-17)23-21(26)18-10-13-25(14-11-18)16-20-22-12-15-24(20)2/h12,15,17-19H,3-11,13-14,16H2,1-2H3,(H,23,26). The van der Waals surface area contributed by atoms with E-state index in [1.54, 1.807) is 0 Å². The summed E-state index contributed by atoms with van der Waals surface area (Å²) in [5.74, 6) is 2.51. The summed E-state index contributed by atoms with van der Waals surface area (Å²) in [7, 11) is 2.04. The molecule has 0 bridgehead atoms. The maximum Gasteiger partial charge on any atom is 0.223 e. The first-order valence-corrected chi connectivity index (χ1v) is 10.6. The van der Waals surface area contributed by atoms with Crippen molar-refractivity contribution in [3.8, 4) is 0 Å². The maximum atomic E-state index is 12.7. The topological polar surface area (TPSA) is 50.2 Å². The third-order valence-corrected chi connectivity index (χ3v) is 6.40. The highest BCUT2D eigenvalue weighted by Gasteiger charge is 2.28. The van der Waals surface area contributed by atoms with Gasteiger partial charge in [-0.15, -0.1) is 0 Å². The molecule has 1 aliphatic heterocycles. The van der Waals surface area contributed by atoms with Crippen molar-refractivity contribution in [2.45, 2.75) is 77.3 Å². The summed E-state index contributed by atoms with van der Waals surface area (Å²) in [6, 6.07) is 0.422. The Bertz CT molecular complexity index is 554. The minimum atomic E-state index is 0.199. The molecule has 0 radical (unpaired) electrons. The van der Waals surface area contributed by atoms with Crippen molar-refractivity contribution >= 4 is 5.91 Å². The summed E-state index contributed by atoms with van der Waals surface area (Å²) in [4.78, 5) is 19.5. The van der Waals surface area contributed by atoms with Crippen molar-refractivity contribution in [2.24, 2.45) is 18.9 Å². The van der Waals surface area contributed by atoms with E-state index in [0.717, 1.165) is 44.2 Å². The number of carbonyl (C=O) groups is 1. The van der Waals surface area contributed by atoms with E-state index in [4.69, 9.17) is 0 Å². The molecular weight excluding hydrogens is 324 g/mol. The molecule has 1 aromatic heterocycles. The molecule has 1 aliphatic carbocycles. The summed E-state index contributed by atoms with van der Waals surface area (Å²) in [5.41, 5.74) is 0. The number of unbranched alkanes of at least 4 members (excludes halogenated alkanes) is 1. The number of carbonyl (C=O) groups excluding carboxylic acids is 1. The molecule has 2 fully saturated rings. The Morgan fingerprint density at radius 2 is 1.92 bits per heavy atom. The highest BCUT2D eigenvalue weighted by molar-refractivity contribution is 5.79. The molecule has 146 valence electrons. The minimum Gasteiger partial charge on any atom is -0.353 e. The van der Waals surface area contributed by atoms with Gasteiger partial charge in [0.2, 0.25) is 5.91 Å². The van der Waals surface area contributed by atoms with Gasteiger partial charge < -0.3 is 9.88 Å². The van der Waals surface area contributed by atoms with Gasteiger partial charge in [0.05, 0.1) is 6.54 Å². The first-order valence-electron chi connectivity index (χ1n) is 10.6. The quantitative estimate of drug-likeness (QED) is 0.810. The fourth-order valence-corrected chi connectivity index (χ4v) is 4.51. The average Bonchev–Trinajstić information content (AvgIpc) is 3.06. The lowest BCUT2D eigenvalue weighted by molar-refractivity contribution is -0.127. The first kappa shape index (κ1) is 19.4. The molecule has 26 heavy (non-hydrogen) atoms. The van der Waals surface area contributed by atoms with E-state index in [2.05, 4.69) is 26.7 Å². The second kappa shape index (κ2) is 9.54. The van der Waals surface area contributed by atoms with E-state index >= 15 is 0 Å². The molecular formula is C21H36N4O. The number of amides is 1. The molecule has 0 atom stereocenters. The Labute approximate surface area is 158 Å². The Morgan fingerprint density at radius 1 is 1.19 bits per heavy atom. The number of likely N-dealkylation sites (tertiary alicyclic amines) is 1. The van der Waals surface area contributed by atoms with Crippen LogP contribution in [0.15, 0.2) is 12.4 Å². The van der Waals surface area contributed by atoms with Crippen molar-refractivity contribution in [3.05, 3.63) is 18.2 Å². The number of piperidine rings is 1. The average molecular weight is 361 g/mol. The molecule has 5 nitrogen and oxygen atoms in total. The summed E-state index contributed by atoms with van der Waals surface area (Å²) in [6.07, 6.45) is 14.8. The SMILES string of the molecule is CCCCC1CCC(NC(=O)C2CCN(Cc3nccn3C)CC2)CC1. The van der Waals surface area contributed by atoms with E-state index in [-0.39, 0.29) is 5.92 Å². The summed E-state index contributed by atoms with van der Waals surface area (Å²) < 4.78 is 2.08. The van der Waals surface area contributed by atoms with E-state index in [0.29, 0.717) is 11.9 Å². The van der Waals surface area contributed by atoms with Crippen LogP contribution in [0.2, 0.25) is 0 Å². The van der Waals surface area contributed by atoms with Crippen molar-refractivity contribution in [3.63, 3.8) is 0 Å². The maximum absolute atomic E-state index is 12.7. The van der Waals surface area contributed by atoms with Crippen molar-refractivity contribution in [1.29, 1.82) is 0 Å². The molecule has 1 saturated heterocycles. The Kier molecular flexibility index (Phi) is 7.12. The molecule has 0 unspecified atom stereocenters. The van der Waals surface area contributed by atoms with Gasteiger partial charge in [-0.05, 0) is 57.5 Å². The predicted octanol–water partition coefficient (Wildman–Crippen LogP) is 3.50.